The Hall–Kier alpha value is -2.77. The van der Waals surface area contributed by atoms with Gasteiger partial charge in [-0.3, -0.25) is 9.59 Å². The predicted molar refractivity (Wildman–Crippen MR) is 91.5 cm³/mol. The summed E-state index contributed by atoms with van der Waals surface area (Å²) in [5, 5.41) is 10.7. The molecule has 1 aliphatic heterocycles. The fourth-order valence-electron chi connectivity index (χ4n) is 3.34. The van der Waals surface area contributed by atoms with Crippen molar-refractivity contribution in [3.05, 3.63) is 36.2 Å². The van der Waals surface area contributed by atoms with E-state index in [1.165, 1.54) is 0 Å². The van der Waals surface area contributed by atoms with Crippen LogP contribution in [0.2, 0.25) is 0 Å². The Morgan fingerprint density at radius 1 is 1.40 bits per heavy atom. The molecule has 0 bridgehead atoms. The van der Waals surface area contributed by atoms with Crippen LogP contribution >= 0.6 is 0 Å². The Labute approximate surface area is 146 Å². The molecule has 25 heavy (non-hydrogen) atoms. The molecule has 2 aromatic rings. The van der Waals surface area contributed by atoms with Crippen molar-refractivity contribution in [1.82, 2.24) is 24.6 Å². The average Bonchev–Trinajstić information content (AvgIpc) is 3.02. The van der Waals surface area contributed by atoms with Gasteiger partial charge in [-0.05, 0) is 26.3 Å². The molecule has 0 radical (unpaired) electrons. The summed E-state index contributed by atoms with van der Waals surface area (Å²) in [5.74, 6) is 0.280. The number of nitrogens with zero attached hydrogens (tertiary/aromatic N) is 5. The lowest BCUT2D eigenvalue weighted by Gasteiger charge is -2.39. The van der Waals surface area contributed by atoms with Crippen LogP contribution in [0.15, 0.2) is 24.7 Å². The number of piperidine rings is 1. The predicted octanol–water partition coefficient (Wildman–Crippen LogP) is 1.46. The summed E-state index contributed by atoms with van der Waals surface area (Å²) in [6.07, 6.45) is 5.92. The second kappa shape index (κ2) is 7.00. The summed E-state index contributed by atoms with van der Waals surface area (Å²) >= 11 is 0. The van der Waals surface area contributed by atoms with Crippen molar-refractivity contribution < 1.29 is 9.59 Å². The van der Waals surface area contributed by atoms with Crippen LogP contribution < -0.4 is 5.32 Å². The van der Waals surface area contributed by atoms with Gasteiger partial charge in [-0.25, -0.2) is 4.98 Å². The molecule has 2 aromatic heterocycles. The highest BCUT2D eigenvalue weighted by Crippen LogP contribution is 2.36. The highest BCUT2D eigenvalue weighted by atomic mass is 16.2. The van der Waals surface area contributed by atoms with E-state index < -0.39 is 0 Å². The Balaban J connectivity index is 1.92. The van der Waals surface area contributed by atoms with Gasteiger partial charge in [-0.2, -0.15) is 10.2 Å². The Morgan fingerprint density at radius 3 is 2.84 bits per heavy atom. The minimum absolute atomic E-state index is 0.0568. The molecule has 2 amide bonds. The van der Waals surface area contributed by atoms with Crippen LogP contribution in [-0.2, 0) is 16.6 Å². The van der Waals surface area contributed by atoms with Gasteiger partial charge >= 0.3 is 0 Å². The van der Waals surface area contributed by atoms with E-state index in [1.807, 2.05) is 24.7 Å². The van der Waals surface area contributed by atoms with Crippen LogP contribution in [0, 0.1) is 12.8 Å². The molecule has 0 aliphatic carbocycles. The molecule has 8 heteroatoms. The Bertz CT molecular complexity index is 787. The maximum absolute atomic E-state index is 13.0. The lowest BCUT2D eigenvalue weighted by molar-refractivity contribution is -0.142. The summed E-state index contributed by atoms with van der Waals surface area (Å²) in [6.45, 7) is 4.25. The van der Waals surface area contributed by atoms with Gasteiger partial charge in [0.25, 0.3) is 0 Å². The van der Waals surface area contributed by atoms with Crippen molar-refractivity contribution in [3.8, 4) is 0 Å². The second-order valence-electron chi connectivity index (χ2n) is 6.19. The maximum atomic E-state index is 13.0. The number of anilines is 1. The molecule has 1 aliphatic rings. The first-order chi connectivity index (χ1) is 12.0. The molecule has 132 valence electrons. The van der Waals surface area contributed by atoms with E-state index in [0.717, 1.165) is 5.82 Å². The van der Waals surface area contributed by atoms with Crippen molar-refractivity contribution in [2.24, 2.45) is 13.0 Å². The van der Waals surface area contributed by atoms with E-state index in [4.69, 9.17) is 0 Å². The van der Waals surface area contributed by atoms with E-state index in [1.54, 1.807) is 30.3 Å². The van der Waals surface area contributed by atoms with Gasteiger partial charge in [-0.1, -0.05) is 0 Å². The molecule has 3 heterocycles. The third-order valence-electron chi connectivity index (χ3n) is 4.67. The summed E-state index contributed by atoms with van der Waals surface area (Å²) in [5.41, 5.74) is 1.29. The largest absolute Gasteiger partial charge is 0.336 e. The number of carbonyl (C=O) groups is 2. The van der Waals surface area contributed by atoms with Crippen LogP contribution in [0.25, 0.3) is 0 Å². The fourth-order valence-corrected chi connectivity index (χ4v) is 3.34. The van der Waals surface area contributed by atoms with Crippen molar-refractivity contribution in [3.63, 3.8) is 0 Å². The number of amides is 2. The minimum Gasteiger partial charge on any atom is -0.336 e. The summed E-state index contributed by atoms with van der Waals surface area (Å²) in [4.78, 5) is 31.5. The molecule has 1 saturated heterocycles. The molecule has 8 nitrogen and oxygen atoms in total. The highest BCUT2D eigenvalue weighted by Gasteiger charge is 2.42. The number of nitrogens with one attached hydrogen (secondary N) is 1. The van der Waals surface area contributed by atoms with Crippen LogP contribution in [-0.4, -0.2) is 43.0 Å². The zero-order valence-corrected chi connectivity index (χ0v) is 14.6. The molecule has 3 rings (SSSR count). The van der Waals surface area contributed by atoms with Gasteiger partial charge in [0, 0.05) is 32.4 Å². The number of likely N-dealkylation sites (tertiary alicyclic amines) is 1. The van der Waals surface area contributed by atoms with E-state index in [-0.39, 0.29) is 23.8 Å². The number of imidazole rings is 1. The first-order valence-electron chi connectivity index (χ1n) is 8.38. The molecule has 1 N–H and O–H groups in total. The van der Waals surface area contributed by atoms with Gasteiger partial charge in [0.2, 0.25) is 11.8 Å². The third-order valence-corrected chi connectivity index (χ3v) is 4.67. The van der Waals surface area contributed by atoms with E-state index in [0.29, 0.717) is 30.8 Å². The molecule has 1 fully saturated rings. The summed E-state index contributed by atoms with van der Waals surface area (Å²) < 4.78 is 1.87. The van der Waals surface area contributed by atoms with Gasteiger partial charge in [0.1, 0.15) is 11.9 Å². The number of rotatable bonds is 4. The topological polar surface area (TPSA) is 93.0 Å². The van der Waals surface area contributed by atoms with Crippen LogP contribution in [0.1, 0.15) is 37.3 Å². The first kappa shape index (κ1) is 17.1. The molecular formula is C17H22N6O2. The number of carbonyl (C=O) groups excluding carboxylic acids is 2. The Morgan fingerprint density at radius 2 is 2.20 bits per heavy atom. The molecular weight excluding hydrogens is 320 g/mol. The normalized spacial score (nSPS) is 20.6. The SMILES string of the molecule is CCN1C(=O)CC[C@H](C(=O)Nc2ccnnc2C)[C@H]1c1nccn1C. The molecule has 0 aromatic carbocycles. The average molecular weight is 342 g/mol. The van der Waals surface area contributed by atoms with Gasteiger partial charge in [0.05, 0.1) is 23.5 Å². The first-order valence-corrected chi connectivity index (χ1v) is 8.38. The van der Waals surface area contributed by atoms with Crippen LogP contribution in [0.4, 0.5) is 5.69 Å². The van der Waals surface area contributed by atoms with Crippen molar-refractivity contribution >= 4 is 17.5 Å². The van der Waals surface area contributed by atoms with Gasteiger partial charge in [-0.15, -0.1) is 0 Å². The van der Waals surface area contributed by atoms with Crippen molar-refractivity contribution in [2.45, 2.75) is 32.7 Å². The van der Waals surface area contributed by atoms with E-state index in [2.05, 4.69) is 20.5 Å². The van der Waals surface area contributed by atoms with Crippen LogP contribution in [0.3, 0.4) is 0 Å². The summed E-state index contributed by atoms with van der Waals surface area (Å²) in [7, 11) is 1.88. The Kier molecular flexibility index (Phi) is 4.78. The standard InChI is InChI=1S/C17H22N6O2/c1-4-23-14(24)6-5-12(15(23)16-18-9-10-22(16)3)17(25)20-13-7-8-19-21-11(13)2/h7-10,12,15H,4-6H2,1-3H3,(H,19,20,25)/t12-,15-/m0/s1. The number of aromatic nitrogens is 4. The number of aryl methyl sites for hydroxylation is 2. The lowest BCUT2D eigenvalue weighted by atomic mass is 9.87. The smallest absolute Gasteiger partial charge is 0.230 e. The summed E-state index contributed by atoms with van der Waals surface area (Å²) in [6, 6.07) is 1.35. The van der Waals surface area contributed by atoms with Crippen LogP contribution in [0.5, 0.6) is 0 Å². The monoisotopic (exact) mass is 342 g/mol. The quantitative estimate of drug-likeness (QED) is 0.908. The van der Waals surface area contributed by atoms with Gasteiger partial charge < -0.3 is 14.8 Å². The van der Waals surface area contributed by atoms with Crippen molar-refractivity contribution in [1.29, 1.82) is 0 Å². The fraction of sp³-hybridized carbons (Fsp3) is 0.471. The molecule has 0 saturated carbocycles. The highest BCUT2D eigenvalue weighted by molar-refractivity contribution is 5.95. The maximum Gasteiger partial charge on any atom is 0.230 e. The van der Waals surface area contributed by atoms with E-state index in [9.17, 15) is 9.59 Å². The molecule has 0 unspecified atom stereocenters. The lowest BCUT2D eigenvalue weighted by Crippen LogP contribution is -2.47. The number of hydrogen-bond acceptors (Lipinski definition) is 5. The minimum atomic E-state index is -0.374. The third kappa shape index (κ3) is 3.24. The zero-order valence-electron chi connectivity index (χ0n) is 14.6. The van der Waals surface area contributed by atoms with Crippen molar-refractivity contribution in [2.75, 3.05) is 11.9 Å². The second-order valence-corrected chi connectivity index (χ2v) is 6.19. The zero-order chi connectivity index (χ0) is 18.0. The molecule has 2 atom stereocenters. The molecule has 0 spiro atoms. The van der Waals surface area contributed by atoms with Gasteiger partial charge in [0.15, 0.2) is 0 Å². The number of hydrogen-bond donors (Lipinski definition) is 1. The van der Waals surface area contributed by atoms with E-state index >= 15 is 0 Å².